The molecule has 3 heterocycles. The molecule has 0 aliphatic rings. The highest BCUT2D eigenvalue weighted by Crippen LogP contribution is 2.61. The molecule has 2 atom stereocenters. The van der Waals surface area contributed by atoms with E-state index in [4.69, 9.17) is 0 Å². The fraction of sp³-hybridized carbons (Fsp3) is 0.263. The Labute approximate surface area is 195 Å². The van der Waals surface area contributed by atoms with Gasteiger partial charge < -0.3 is 39.6 Å². The Bertz CT molecular complexity index is 1340. The summed E-state index contributed by atoms with van der Waals surface area (Å²) < 4.78 is 25.0. The van der Waals surface area contributed by atoms with Gasteiger partial charge in [-0.2, -0.15) is 9.97 Å². The summed E-state index contributed by atoms with van der Waals surface area (Å²) in [4.78, 5) is 39.5. The zero-order valence-electron chi connectivity index (χ0n) is 18.1. The summed E-state index contributed by atoms with van der Waals surface area (Å²) in [5, 5.41) is 13.9. The van der Waals surface area contributed by atoms with E-state index in [1.54, 1.807) is 12.7 Å². The van der Waals surface area contributed by atoms with Crippen molar-refractivity contribution in [2.75, 3.05) is 17.2 Å². The minimum atomic E-state index is -5.05. The number of nitrogens with zero attached hydrogens (tertiary/aromatic N) is 5. The number of aryl methyl sites for hydroxylation is 1. The van der Waals surface area contributed by atoms with Gasteiger partial charge in [-0.15, -0.1) is 0 Å². The van der Waals surface area contributed by atoms with Gasteiger partial charge in [0.15, 0.2) is 17.0 Å². The normalized spacial score (nSPS) is 14.0. The van der Waals surface area contributed by atoms with Crippen LogP contribution in [0.3, 0.4) is 0 Å². The molecule has 2 unspecified atom stereocenters. The summed E-state index contributed by atoms with van der Waals surface area (Å²) >= 11 is 0. The number of anilines is 3. The van der Waals surface area contributed by atoms with E-state index < -0.39 is 21.1 Å². The second kappa shape index (κ2) is 9.65. The second-order valence-corrected chi connectivity index (χ2v) is 10.8. The molecule has 4 aromatic rings. The van der Waals surface area contributed by atoms with Crippen LogP contribution < -0.4 is 10.6 Å². The van der Waals surface area contributed by atoms with Gasteiger partial charge in [0.25, 0.3) is 0 Å². The van der Waals surface area contributed by atoms with Crippen molar-refractivity contribution < 1.29 is 24.0 Å². The number of hydrogen-bond donors (Lipinski definition) is 6. The minimum absolute atomic E-state index is 0.139. The zero-order valence-corrected chi connectivity index (χ0v) is 20.1. The Morgan fingerprint density at radius 1 is 1.21 bits per heavy atom. The topological polar surface area (TPSA) is 191 Å². The molecule has 1 aromatic carbocycles. The third-order valence-electron chi connectivity index (χ3n) is 5.20. The minimum Gasteiger partial charge on any atom is -0.368 e. The van der Waals surface area contributed by atoms with Crippen LogP contribution >= 0.6 is 16.1 Å². The van der Waals surface area contributed by atoms with Gasteiger partial charge in [0.05, 0.1) is 18.3 Å². The lowest BCUT2D eigenvalue weighted by Crippen LogP contribution is -2.18. The summed E-state index contributed by atoms with van der Waals surface area (Å²) in [5.41, 5.74) is 2.46. The maximum absolute atomic E-state index is 11.6. The molecule has 6 N–H and O–H groups in total. The number of H-pyrrole nitrogens is 1. The van der Waals surface area contributed by atoms with Crippen molar-refractivity contribution in [1.82, 2.24) is 29.5 Å². The molecule has 0 saturated carbocycles. The van der Waals surface area contributed by atoms with Crippen molar-refractivity contribution in [2.45, 2.75) is 25.0 Å². The zero-order chi connectivity index (χ0) is 24.3. The molecule has 3 aromatic heterocycles. The fourth-order valence-corrected chi connectivity index (χ4v) is 4.68. The third kappa shape index (κ3) is 4.75. The molecular weight excluding hydrogens is 482 g/mol. The SMILES string of the molecule is CCn1cnc2c(Nc3ccc(C(O)([PH2]=O)P(=O)(O)O)cc3)nc(NCCc3c[nH]cn3)nc21. The highest BCUT2D eigenvalue weighted by Gasteiger charge is 2.46. The van der Waals surface area contributed by atoms with Gasteiger partial charge in [0.1, 0.15) is 8.46 Å². The van der Waals surface area contributed by atoms with E-state index in [1.165, 1.54) is 24.3 Å². The number of hydrogen-bond acceptors (Lipinski definition) is 9. The molecule has 0 aliphatic carbocycles. The average Bonchev–Trinajstić information content (AvgIpc) is 3.48. The fourth-order valence-electron chi connectivity index (χ4n) is 3.31. The van der Waals surface area contributed by atoms with Crippen molar-refractivity contribution in [3.63, 3.8) is 0 Å². The number of fused-ring (bicyclic) bond motifs is 1. The van der Waals surface area contributed by atoms with Gasteiger partial charge >= 0.3 is 7.60 Å². The Kier molecular flexibility index (Phi) is 6.83. The summed E-state index contributed by atoms with van der Waals surface area (Å²) in [6.07, 6.45) is 5.77. The first kappa shape index (κ1) is 24.1. The van der Waals surface area contributed by atoms with Gasteiger partial charge in [0.2, 0.25) is 11.0 Å². The van der Waals surface area contributed by atoms with Crippen LogP contribution in [0.15, 0.2) is 43.1 Å². The molecule has 0 amide bonds. The maximum Gasteiger partial charge on any atom is 0.368 e. The quantitative estimate of drug-likeness (QED) is 0.172. The van der Waals surface area contributed by atoms with Gasteiger partial charge in [-0.05, 0) is 19.1 Å². The van der Waals surface area contributed by atoms with Crippen LogP contribution in [0.25, 0.3) is 11.2 Å². The summed E-state index contributed by atoms with van der Waals surface area (Å²) in [7, 11) is -7.23. The molecule has 180 valence electrons. The van der Waals surface area contributed by atoms with Crippen molar-refractivity contribution in [3.05, 3.63) is 54.4 Å². The first-order valence-electron chi connectivity index (χ1n) is 10.3. The lowest BCUT2D eigenvalue weighted by molar-refractivity contribution is 0.168. The third-order valence-corrected chi connectivity index (χ3v) is 8.34. The molecule has 0 fully saturated rings. The molecule has 4 rings (SSSR count). The van der Waals surface area contributed by atoms with Crippen LogP contribution in [0.5, 0.6) is 0 Å². The van der Waals surface area contributed by atoms with Gasteiger partial charge in [-0.3, -0.25) is 4.57 Å². The number of imidazole rings is 2. The molecule has 15 heteroatoms. The second-order valence-electron chi connectivity index (χ2n) is 7.43. The van der Waals surface area contributed by atoms with Crippen LogP contribution in [0.2, 0.25) is 0 Å². The largest absolute Gasteiger partial charge is 0.368 e. The number of nitrogens with one attached hydrogen (secondary N) is 3. The predicted molar refractivity (Wildman–Crippen MR) is 128 cm³/mol. The first-order valence-corrected chi connectivity index (χ1v) is 13.0. The molecule has 34 heavy (non-hydrogen) atoms. The van der Waals surface area contributed by atoms with E-state index in [0.717, 1.165) is 5.69 Å². The van der Waals surface area contributed by atoms with Gasteiger partial charge in [-0.25, -0.2) is 9.97 Å². The standard InChI is InChI=1S/C19H24N8O5P2/c1-2-27-11-23-15-16(25-18(26-17(15)27)21-8-7-14-9-20-10-22-14)24-13-5-3-12(4-6-13)19(28,33-29)34(30,31)32/h3-6,9-11,28H,2,7-8,33H2,1H3,(H,20,22)(H2,30,31,32)(H2,21,24,25,26). The molecule has 13 nitrogen and oxygen atoms in total. The molecular formula is C19H24N8O5P2. The predicted octanol–water partition coefficient (Wildman–Crippen LogP) is 2.00. The number of aromatic amines is 1. The molecule has 0 radical (unpaired) electrons. The molecule has 0 saturated heterocycles. The lowest BCUT2D eigenvalue weighted by atomic mass is 10.2. The van der Waals surface area contributed by atoms with E-state index >= 15 is 0 Å². The average molecular weight is 506 g/mol. The Morgan fingerprint density at radius 3 is 2.59 bits per heavy atom. The van der Waals surface area contributed by atoms with Crippen molar-refractivity contribution in [3.8, 4) is 0 Å². The van der Waals surface area contributed by atoms with E-state index in [2.05, 4.69) is 35.6 Å². The maximum atomic E-state index is 11.6. The first-order chi connectivity index (χ1) is 16.2. The number of aromatic nitrogens is 6. The number of rotatable bonds is 10. The van der Waals surface area contributed by atoms with Gasteiger partial charge in [0, 0.05) is 37.0 Å². The van der Waals surface area contributed by atoms with E-state index in [9.17, 15) is 24.0 Å². The van der Waals surface area contributed by atoms with Crippen LogP contribution in [0.1, 0.15) is 18.2 Å². The summed E-state index contributed by atoms with van der Waals surface area (Å²) in [5.74, 6) is 0.815. The van der Waals surface area contributed by atoms with Gasteiger partial charge in [-0.1, -0.05) is 12.1 Å². The highest BCUT2D eigenvalue weighted by molar-refractivity contribution is 7.62. The van der Waals surface area contributed by atoms with Crippen molar-refractivity contribution >= 4 is 44.7 Å². The summed E-state index contributed by atoms with van der Waals surface area (Å²) in [6, 6.07) is 5.61. The Balaban J connectivity index is 1.61. The molecule has 0 spiro atoms. The van der Waals surface area contributed by atoms with Crippen LogP contribution in [0, 0.1) is 0 Å². The lowest BCUT2D eigenvalue weighted by Gasteiger charge is -2.23. The smallest absolute Gasteiger partial charge is 0.368 e. The monoisotopic (exact) mass is 506 g/mol. The number of benzene rings is 1. The van der Waals surface area contributed by atoms with E-state index in [1.807, 2.05) is 17.7 Å². The van der Waals surface area contributed by atoms with Crippen molar-refractivity contribution in [2.24, 2.45) is 0 Å². The Hall–Kier alpha value is -3.08. The van der Waals surface area contributed by atoms with Crippen LogP contribution in [-0.4, -0.2) is 50.9 Å². The van der Waals surface area contributed by atoms with Crippen LogP contribution in [-0.2, 0) is 27.2 Å². The van der Waals surface area contributed by atoms with Crippen LogP contribution in [0.4, 0.5) is 17.5 Å². The molecule has 0 bridgehead atoms. The Morgan fingerprint density at radius 2 is 1.97 bits per heavy atom. The van der Waals surface area contributed by atoms with Crippen molar-refractivity contribution in [1.29, 1.82) is 0 Å². The number of aliphatic hydroxyl groups is 1. The summed E-state index contributed by atoms with van der Waals surface area (Å²) in [6.45, 7) is 3.19. The highest BCUT2D eigenvalue weighted by atomic mass is 31.2. The molecule has 0 aliphatic heterocycles. The van der Waals surface area contributed by atoms with E-state index in [0.29, 0.717) is 48.1 Å². The van der Waals surface area contributed by atoms with E-state index in [-0.39, 0.29) is 5.56 Å².